The molecule has 0 bridgehead atoms. The number of sulfonamides is 1. The summed E-state index contributed by atoms with van der Waals surface area (Å²) in [6.07, 6.45) is 0. The molecule has 0 aliphatic heterocycles. The van der Waals surface area contributed by atoms with Crippen molar-refractivity contribution in [2.45, 2.75) is 17.7 Å². The van der Waals surface area contributed by atoms with E-state index in [2.05, 4.69) is 5.32 Å². The maximum Gasteiger partial charge on any atom is 0.273 e. The van der Waals surface area contributed by atoms with E-state index in [9.17, 15) is 18.0 Å². The van der Waals surface area contributed by atoms with Gasteiger partial charge in [0.15, 0.2) is 0 Å². The molecule has 2 rings (SSSR count). The first-order valence-electron chi connectivity index (χ1n) is 6.86. The van der Waals surface area contributed by atoms with Gasteiger partial charge in [0.25, 0.3) is 15.9 Å². The highest BCUT2D eigenvalue weighted by atomic mass is 32.2. The van der Waals surface area contributed by atoms with Gasteiger partial charge in [0.05, 0.1) is 13.7 Å². The van der Waals surface area contributed by atoms with Crippen LogP contribution in [-0.2, 0) is 21.4 Å². The fourth-order valence-corrected chi connectivity index (χ4v) is 4.07. The van der Waals surface area contributed by atoms with Crippen LogP contribution in [-0.4, -0.2) is 27.3 Å². The zero-order valence-corrected chi connectivity index (χ0v) is 14.7. The summed E-state index contributed by atoms with van der Waals surface area (Å²) in [4.78, 5) is 23.7. The summed E-state index contributed by atoms with van der Waals surface area (Å²) in [7, 11) is -2.53. The Morgan fingerprint density at radius 2 is 1.96 bits per heavy atom. The highest BCUT2D eigenvalue weighted by Gasteiger charge is 2.21. The molecule has 0 atom stereocenters. The van der Waals surface area contributed by atoms with Crippen LogP contribution in [0.3, 0.4) is 0 Å². The van der Waals surface area contributed by atoms with Crippen LogP contribution in [0, 0.1) is 0 Å². The van der Waals surface area contributed by atoms with Crippen molar-refractivity contribution in [3.63, 3.8) is 0 Å². The summed E-state index contributed by atoms with van der Waals surface area (Å²) in [6, 6.07) is 9.16. The summed E-state index contributed by atoms with van der Waals surface area (Å²) >= 11 is 0.985. The Kier molecular flexibility index (Phi) is 5.58. The molecule has 24 heavy (non-hydrogen) atoms. The molecule has 0 unspecified atom stereocenters. The number of ether oxygens (including phenoxy) is 1. The predicted octanol–water partition coefficient (Wildman–Crippen LogP) is 1.51. The van der Waals surface area contributed by atoms with Gasteiger partial charge in [-0.3, -0.25) is 9.59 Å². The molecule has 0 saturated heterocycles. The maximum absolute atomic E-state index is 12.3. The normalized spacial score (nSPS) is 10.9. The maximum atomic E-state index is 12.3. The number of thiophene rings is 1. The second kappa shape index (κ2) is 7.45. The van der Waals surface area contributed by atoms with Crippen molar-refractivity contribution < 1.29 is 22.7 Å². The smallest absolute Gasteiger partial charge is 0.273 e. The van der Waals surface area contributed by atoms with Crippen LogP contribution in [0.15, 0.2) is 40.6 Å². The molecule has 2 aromatic rings. The van der Waals surface area contributed by atoms with Crippen molar-refractivity contribution in [2.24, 2.45) is 0 Å². The number of rotatable bonds is 6. The Balaban J connectivity index is 2.12. The second-order valence-corrected chi connectivity index (χ2v) is 7.87. The van der Waals surface area contributed by atoms with E-state index in [1.807, 2.05) is 4.72 Å². The molecule has 0 spiro atoms. The first kappa shape index (κ1) is 18.0. The SMILES string of the molecule is COc1cccc(C(=O)NS(=O)(=O)c2ccc(CNC(C)=O)s2)c1. The number of amides is 2. The summed E-state index contributed by atoms with van der Waals surface area (Å²) in [5.74, 6) is -0.501. The molecule has 0 fully saturated rings. The third-order valence-electron chi connectivity index (χ3n) is 2.97. The minimum atomic E-state index is -3.98. The van der Waals surface area contributed by atoms with Crippen molar-refractivity contribution >= 4 is 33.2 Å². The fraction of sp³-hybridized carbons (Fsp3) is 0.200. The Morgan fingerprint density at radius 1 is 1.21 bits per heavy atom. The molecule has 7 nitrogen and oxygen atoms in total. The van der Waals surface area contributed by atoms with Crippen LogP contribution >= 0.6 is 11.3 Å². The molecular formula is C15H16N2O5S2. The van der Waals surface area contributed by atoms with Gasteiger partial charge in [-0.15, -0.1) is 11.3 Å². The summed E-state index contributed by atoms with van der Waals surface area (Å²) < 4.78 is 31.6. The van der Waals surface area contributed by atoms with Crippen LogP contribution in [0.4, 0.5) is 0 Å². The molecule has 128 valence electrons. The van der Waals surface area contributed by atoms with Crippen molar-refractivity contribution in [1.29, 1.82) is 0 Å². The molecule has 1 aromatic heterocycles. The molecule has 9 heteroatoms. The molecule has 1 heterocycles. The number of methoxy groups -OCH3 is 1. The number of nitrogens with one attached hydrogen (secondary N) is 2. The lowest BCUT2D eigenvalue weighted by molar-refractivity contribution is -0.119. The van der Waals surface area contributed by atoms with Crippen LogP contribution < -0.4 is 14.8 Å². The van der Waals surface area contributed by atoms with Gasteiger partial charge in [-0.1, -0.05) is 6.07 Å². The lowest BCUT2D eigenvalue weighted by Crippen LogP contribution is -2.30. The highest BCUT2D eigenvalue weighted by molar-refractivity contribution is 7.92. The van der Waals surface area contributed by atoms with E-state index in [0.29, 0.717) is 10.6 Å². The van der Waals surface area contributed by atoms with Gasteiger partial charge in [-0.05, 0) is 30.3 Å². The monoisotopic (exact) mass is 368 g/mol. The molecule has 0 aliphatic rings. The minimum Gasteiger partial charge on any atom is -0.497 e. The standard InChI is InChI=1S/C15H16N2O5S2/c1-10(18)16-9-13-6-7-14(23-13)24(20,21)17-15(19)11-4-3-5-12(8-11)22-2/h3-8H,9H2,1-2H3,(H,16,18)(H,17,19). The molecule has 2 amide bonds. The number of hydrogen-bond acceptors (Lipinski definition) is 6. The van der Waals surface area contributed by atoms with Gasteiger partial charge in [0.2, 0.25) is 5.91 Å². The number of carbonyl (C=O) groups excluding carboxylic acids is 2. The van der Waals surface area contributed by atoms with Crippen LogP contribution in [0.2, 0.25) is 0 Å². The number of carbonyl (C=O) groups is 2. The van der Waals surface area contributed by atoms with Crippen molar-refractivity contribution in [1.82, 2.24) is 10.0 Å². The quantitative estimate of drug-likeness (QED) is 0.805. The third-order valence-corrected chi connectivity index (χ3v) is 5.88. The first-order valence-corrected chi connectivity index (χ1v) is 9.16. The summed E-state index contributed by atoms with van der Waals surface area (Å²) in [6.45, 7) is 1.61. The number of benzene rings is 1. The highest BCUT2D eigenvalue weighted by Crippen LogP contribution is 2.22. The topological polar surface area (TPSA) is 102 Å². The van der Waals surface area contributed by atoms with Gasteiger partial charge in [0.1, 0.15) is 9.96 Å². The van der Waals surface area contributed by atoms with E-state index in [4.69, 9.17) is 4.74 Å². The lowest BCUT2D eigenvalue weighted by atomic mass is 10.2. The van der Waals surface area contributed by atoms with Crippen LogP contribution in [0.5, 0.6) is 5.75 Å². The van der Waals surface area contributed by atoms with E-state index < -0.39 is 15.9 Å². The zero-order chi connectivity index (χ0) is 17.7. The molecule has 1 aromatic carbocycles. The zero-order valence-electron chi connectivity index (χ0n) is 13.0. The molecular weight excluding hydrogens is 352 g/mol. The van der Waals surface area contributed by atoms with Crippen LogP contribution in [0.1, 0.15) is 22.2 Å². The van der Waals surface area contributed by atoms with E-state index in [0.717, 1.165) is 11.3 Å². The van der Waals surface area contributed by atoms with E-state index in [1.165, 1.54) is 32.2 Å². The average Bonchev–Trinajstić information content (AvgIpc) is 3.02. The molecule has 0 radical (unpaired) electrons. The lowest BCUT2D eigenvalue weighted by Gasteiger charge is -2.06. The summed E-state index contributed by atoms with van der Waals surface area (Å²) in [5, 5.41) is 2.58. The van der Waals surface area contributed by atoms with Crippen molar-refractivity contribution in [3.8, 4) is 5.75 Å². The van der Waals surface area contributed by atoms with Crippen LogP contribution in [0.25, 0.3) is 0 Å². The van der Waals surface area contributed by atoms with Crippen molar-refractivity contribution in [2.75, 3.05) is 7.11 Å². The second-order valence-electron chi connectivity index (χ2n) is 4.80. The van der Waals surface area contributed by atoms with E-state index in [-0.39, 0.29) is 22.2 Å². The summed E-state index contributed by atoms with van der Waals surface area (Å²) in [5.41, 5.74) is 0.174. The Labute approximate surface area is 143 Å². The minimum absolute atomic E-state index is 0.000835. The van der Waals surface area contributed by atoms with Gasteiger partial charge < -0.3 is 10.1 Å². The Morgan fingerprint density at radius 3 is 2.62 bits per heavy atom. The average molecular weight is 368 g/mol. The third kappa shape index (κ3) is 4.56. The Hall–Kier alpha value is -2.39. The molecule has 0 aliphatic carbocycles. The fourth-order valence-electron chi connectivity index (χ4n) is 1.80. The molecule has 2 N–H and O–H groups in total. The van der Waals surface area contributed by atoms with Crippen molar-refractivity contribution in [3.05, 3.63) is 46.8 Å². The van der Waals surface area contributed by atoms with Gasteiger partial charge in [0, 0.05) is 17.4 Å². The number of hydrogen-bond donors (Lipinski definition) is 2. The van der Waals surface area contributed by atoms with E-state index >= 15 is 0 Å². The molecule has 0 saturated carbocycles. The first-order chi connectivity index (χ1) is 11.3. The predicted molar refractivity (Wildman–Crippen MR) is 89.5 cm³/mol. The van der Waals surface area contributed by atoms with E-state index in [1.54, 1.807) is 18.2 Å². The van der Waals surface area contributed by atoms with Gasteiger partial charge in [-0.25, -0.2) is 13.1 Å². The van der Waals surface area contributed by atoms with Gasteiger partial charge >= 0.3 is 0 Å². The largest absolute Gasteiger partial charge is 0.497 e. The Bertz CT molecular complexity index is 858. The van der Waals surface area contributed by atoms with Gasteiger partial charge in [-0.2, -0.15) is 0 Å².